The van der Waals surface area contributed by atoms with Gasteiger partial charge in [-0.2, -0.15) is 5.10 Å². The topological polar surface area (TPSA) is 86.7 Å². The second-order valence-electron chi connectivity index (χ2n) is 10.2. The van der Waals surface area contributed by atoms with Crippen LogP contribution in [0.5, 0.6) is 0 Å². The van der Waals surface area contributed by atoms with Crippen LogP contribution >= 0.6 is 0 Å². The van der Waals surface area contributed by atoms with Crippen molar-refractivity contribution in [3.63, 3.8) is 0 Å². The number of hydrogen-bond acceptors (Lipinski definition) is 4. The van der Waals surface area contributed by atoms with Gasteiger partial charge in [0.05, 0.1) is 28.4 Å². The van der Waals surface area contributed by atoms with E-state index in [0.29, 0.717) is 24.7 Å². The molecule has 0 radical (unpaired) electrons. The number of carbonyl (C=O) groups excluding carboxylic acids is 1. The van der Waals surface area contributed by atoms with Gasteiger partial charge in [-0.1, -0.05) is 30.3 Å². The van der Waals surface area contributed by atoms with Gasteiger partial charge in [0.1, 0.15) is 5.69 Å². The van der Waals surface area contributed by atoms with Crippen LogP contribution in [0, 0.1) is 12.8 Å². The third-order valence-electron chi connectivity index (χ3n) is 7.77. The lowest BCUT2D eigenvalue weighted by Crippen LogP contribution is -2.39. The normalized spacial score (nSPS) is 17.7. The van der Waals surface area contributed by atoms with Gasteiger partial charge in [0.15, 0.2) is 0 Å². The van der Waals surface area contributed by atoms with Crippen molar-refractivity contribution in [2.75, 3.05) is 0 Å². The monoisotopic (exact) mass is 508 g/mol. The maximum Gasteiger partial charge on any atom is 0.333 e. The molecule has 0 spiro atoms. The molecule has 194 valence electrons. The minimum absolute atomic E-state index is 0.0352. The second kappa shape index (κ2) is 9.93. The summed E-state index contributed by atoms with van der Waals surface area (Å²) in [4.78, 5) is 31.3. The van der Waals surface area contributed by atoms with Gasteiger partial charge >= 0.3 is 5.69 Å². The lowest BCUT2D eigenvalue weighted by molar-refractivity contribution is 0.0911. The molecule has 1 fully saturated rings. The number of para-hydroxylation sites is 2. The summed E-state index contributed by atoms with van der Waals surface area (Å²) in [7, 11) is 0. The number of aromatic nitrogens is 5. The first kappa shape index (κ1) is 24.2. The van der Waals surface area contributed by atoms with E-state index >= 15 is 0 Å². The van der Waals surface area contributed by atoms with E-state index in [9.17, 15) is 9.59 Å². The highest BCUT2D eigenvalue weighted by Crippen LogP contribution is 2.28. The summed E-state index contributed by atoms with van der Waals surface area (Å²) in [5.74, 6) is 0.313. The highest BCUT2D eigenvalue weighted by atomic mass is 16.2. The van der Waals surface area contributed by atoms with Crippen LogP contribution in [0.3, 0.4) is 0 Å². The molecule has 38 heavy (non-hydrogen) atoms. The van der Waals surface area contributed by atoms with Crippen LogP contribution in [0.2, 0.25) is 0 Å². The molecule has 8 nitrogen and oxygen atoms in total. The highest BCUT2D eigenvalue weighted by Gasteiger charge is 2.27. The Balaban J connectivity index is 1.17. The smallest absolute Gasteiger partial charge is 0.333 e. The van der Waals surface area contributed by atoms with Crippen molar-refractivity contribution >= 4 is 27.8 Å². The van der Waals surface area contributed by atoms with E-state index in [4.69, 9.17) is 0 Å². The predicted octanol–water partition coefficient (Wildman–Crippen LogP) is 4.85. The van der Waals surface area contributed by atoms with Gasteiger partial charge in [-0.3, -0.25) is 23.6 Å². The first-order valence-electron chi connectivity index (χ1n) is 13.4. The zero-order chi connectivity index (χ0) is 26.2. The summed E-state index contributed by atoms with van der Waals surface area (Å²) in [5, 5.41) is 8.74. The van der Waals surface area contributed by atoms with Crippen molar-refractivity contribution in [3.8, 4) is 5.69 Å². The molecule has 1 amide bonds. The van der Waals surface area contributed by atoms with Crippen LogP contribution in [0.25, 0.3) is 27.6 Å². The Bertz CT molecular complexity index is 1670. The van der Waals surface area contributed by atoms with Gasteiger partial charge in [0, 0.05) is 30.2 Å². The molecule has 0 saturated heterocycles. The molecule has 1 N–H and O–H groups in total. The van der Waals surface area contributed by atoms with Crippen molar-refractivity contribution in [2.24, 2.45) is 5.92 Å². The number of pyridine rings is 1. The van der Waals surface area contributed by atoms with E-state index in [-0.39, 0.29) is 17.6 Å². The fourth-order valence-electron chi connectivity index (χ4n) is 5.78. The van der Waals surface area contributed by atoms with E-state index < -0.39 is 0 Å². The number of imidazole rings is 1. The molecule has 3 heterocycles. The molecule has 0 atom stereocenters. The summed E-state index contributed by atoms with van der Waals surface area (Å²) in [6.45, 7) is 5.25. The van der Waals surface area contributed by atoms with E-state index in [1.807, 2.05) is 79.1 Å². The van der Waals surface area contributed by atoms with Crippen LogP contribution in [0.15, 0.2) is 71.7 Å². The lowest BCUT2D eigenvalue weighted by Gasteiger charge is -2.29. The summed E-state index contributed by atoms with van der Waals surface area (Å²) in [5.41, 5.74) is 4.97. The average Bonchev–Trinajstić information content (AvgIpc) is 3.45. The number of carbonyl (C=O) groups is 1. The molecule has 0 unspecified atom stereocenters. The Hall–Kier alpha value is -4.20. The van der Waals surface area contributed by atoms with Crippen LogP contribution in [-0.4, -0.2) is 35.8 Å². The minimum atomic E-state index is -0.0602. The van der Waals surface area contributed by atoms with Crippen molar-refractivity contribution in [1.82, 2.24) is 29.2 Å². The van der Waals surface area contributed by atoms with Crippen LogP contribution in [-0.2, 0) is 13.1 Å². The number of fused-ring (bicyclic) bond motifs is 2. The first-order chi connectivity index (χ1) is 18.5. The van der Waals surface area contributed by atoms with E-state index in [0.717, 1.165) is 59.0 Å². The third kappa shape index (κ3) is 4.30. The first-order valence-corrected chi connectivity index (χ1v) is 13.4. The molecule has 3 aromatic heterocycles. The number of aryl methyl sites for hydroxylation is 2. The molecule has 1 aliphatic rings. The van der Waals surface area contributed by atoms with Crippen LogP contribution in [0.1, 0.15) is 48.8 Å². The summed E-state index contributed by atoms with van der Waals surface area (Å²) < 4.78 is 5.46. The molecule has 6 rings (SSSR count). The van der Waals surface area contributed by atoms with Gasteiger partial charge in [-0.15, -0.1) is 0 Å². The van der Waals surface area contributed by atoms with Crippen molar-refractivity contribution in [1.29, 1.82) is 0 Å². The SMILES string of the molecule is CCn1nc2ccccc2c1C(=O)N[C@H]1CC[C@H](Cn2c(=O)n(-c3ccc(C)nc3)c3ccccc32)CC1. The molecular formula is C30H32N6O2. The number of nitrogens with zero attached hydrogens (tertiary/aromatic N) is 5. The molecular weight excluding hydrogens is 476 g/mol. The highest BCUT2D eigenvalue weighted by molar-refractivity contribution is 6.05. The fourth-order valence-corrected chi connectivity index (χ4v) is 5.78. The third-order valence-corrected chi connectivity index (χ3v) is 7.77. The Kier molecular flexibility index (Phi) is 6.31. The quantitative estimate of drug-likeness (QED) is 0.355. The zero-order valence-corrected chi connectivity index (χ0v) is 21.8. The van der Waals surface area contributed by atoms with E-state index in [2.05, 4.69) is 15.4 Å². The van der Waals surface area contributed by atoms with Gasteiger partial charge in [-0.05, 0) is 75.8 Å². The standard InChI is InChI=1S/C30H32N6O2/c1-3-35-28(24-8-4-5-9-25(24)33-35)29(37)32-22-15-13-21(14-16-22)19-34-26-10-6-7-11-27(26)36(30(34)38)23-17-12-20(2)31-18-23/h4-12,17-18,21-22H,3,13-16,19H2,1-2H3,(H,32,37)/t21-,22-. The minimum Gasteiger partial charge on any atom is -0.348 e. The molecule has 1 aliphatic carbocycles. The summed E-state index contributed by atoms with van der Waals surface area (Å²) in [6, 6.07) is 19.7. The predicted molar refractivity (Wildman–Crippen MR) is 149 cm³/mol. The average molecular weight is 509 g/mol. The van der Waals surface area contributed by atoms with E-state index in [1.54, 1.807) is 15.4 Å². The number of nitrogens with one attached hydrogen (secondary N) is 1. The number of amides is 1. The van der Waals surface area contributed by atoms with E-state index in [1.165, 1.54) is 0 Å². The Morgan fingerprint density at radius 3 is 2.45 bits per heavy atom. The van der Waals surface area contributed by atoms with Gasteiger partial charge in [0.25, 0.3) is 5.91 Å². The van der Waals surface area contributed by atoms with Crippen molar-refractivity contribution < 1.29 is 4.79 Å². The lowest BCUT2D eigenvalue weighted by atomic mass is 9.86. The van der Waals surface area contributed by atoms with Gasteiger partial charge < -0.3 is 5.32 Å². The number of rotatable bonds is 6. The summed E-state index contributed by atoms with van der Waals surface area (Å²) in [6.07, 6.45) is 5.45. The fraction of sp³-hybridized carbons (Fsp3) is 0.333. The van der Waals surface area contributed by atoms with Gasteiger partial charge in [-0.25, -0.2) is 4.79 Å². The Morgan fingerprint density at radius 2 is 1.71 bits per heavy atom. The molecule has 8 heteroatoms. The second-order valence-corrected chi connectivity index (χ2v) is 10.2. The van der Waals surface area contributed by atoms with Gasteiger partial charge in [0.2, 0.25) is 0 Å². The van der Waals surface area contributed by atoms with Crippen LogP contribution in [0.4, 0.5) is 0 Å². The Morgan fingerprint density at radius 1 is 0.974 bits per heavy atom. The largest absolute Gasteiger partial charge is 0.348 e. The molecule has 0 aliphatic heterocycles. The molecule has 2 aromatic carbocycles. The summed E-state index contributed by atoms with van der Waals surface area (Å²) >= 11 is 0. The molecule has 5 aromatic rings. The van der Waals surface area contributed by atoms with Crippen molar-refractivity contribution in [2.45, 2.75) is 58.7 Å². The number of benzene rings is 2. The zero-order valence-electron chi connectivity index (χ0n) is 21.8. The number of hydrogen-bond donors (Lipinski definition) is 1. The Labute approximate surface area is 220 Å². The maximum atomic E-state index is 13.6. The molecule has 1 saturated carbocycles. The van der Waals surface area contributed by atoms with Crippen LogP contribution < -0.4 is 11.0 Å². The van der Waals surface area contributed by atoms with Crippen molar-refractivity contribution in [3.05, 3.63) is 88.7 Å². The maximum absolute atomic E-state index is 13.6. The molecule has 0 bridgehead atoms.